The maximum Gasteiger partial charge on any atom is 0.408 e. The fourth-order valence-corrected chi connectivity index (χ4v) is 2.81. The van der Waals surface area contributed by atoms with Gasteiger partial charge in [-0.15, -0.1) is 0 Å². The zero-order valence-electron chi connectivity index (χ0n) is 18.2. The first-order chi connectivity index (χ1) is 14.9. The lowest BCUT2D eigenvalue weighted by atomic mass is 9.98. The van der Waals surface area contributed by atoms with Gasteiger partial charge in [0.05, 0.1) is 0 Å². The molecule has 0 saturated carbocycles. The predicted molar refractivity (Wildman–Crippen MR) is 117 cm³/mol. The van der Waals surface area contributed by atoms with Crippen molar-refractivity contribution in [2.75, 3.05) is 0 Å². The summed E-state index contributed by atoms with van der Waals surface area (Å²) in [6.45, 7) is 5.54. The van der Waals surface area contributed by atoms with Crippen LogP contribution in [0.2, 0.25) is 0 Å². The second-order valence-corrected chi connectivity index (χ2v) is 7.39. The Morgan fingerprint density at radius 2 is 1.32 bits per heavy atom. The Balaban J connectivity index is 1.87. The molecule has 2 rings (SSSR count). The standard InChI is InChI=1S/C24H30N2O5/c1-4-17(2)21(26-24(29)31-16-20-13-9-6-10-14-20)22(27)25-18(3)23(28)30-15-19-11-7-5-8-12-19/h5-14,17-18,21H,4,15-16H2,1-3H3,(H,25,27)(H,26,29)/t17-,18-,21+/m0/s1. The number of nitrogens with one attached hydrogen (secondary N) is 2. The second kappa shape index (κ2) is 12.4. The first kappa shape index (κ1) is 23.9. The van der Waals surface area contributed by atoms with Crippen LogP contribution in [-0.4, -0.2) is 30.1 Å². The van der Waals surface area contributed by atoms with E-state index in [1.807, 2.05) is 74.5 Å². The van der Waals surface area contributed by atoms with Gasteiger partial charge in [-0.25, -0.2) is 9.59 Å². The highest BCUT2D eigenvalue weighted by molar-refractivity contribution is 5.89. The average Bonchev–Trinajstić information content (AvgIpc) is 2.80. The highest BCUT2D eigenvalue weighted by Crippen LogP contribution is 2.10. The third-order valence-electron chi connectivity index (χ3n) is 4.92. The van der Waals surface area contributed by atoms with E-state index >= 15 is 0 Å². The topological polar surface area (TPSA) is 93.7 Å². The van der Waals surface area contributed by atoms with Crippen LogP contribution in [0.3, 0.4) is 0 Å². The molecule has 0 unspecified atom stereocenters. The lowest BCUT2D eigenvalue weighted by molar-refractivity contribution is -0.148. The maximum absolute atomic E-state index is 12.8. The molecule has 0 radical (unpaired) electrons. The molecule has 0 aliphatic rings. The van der Waals surface area contributed by atoms with Gasteiger partial charge in [-0.1, -0.05) is 80.9 Å². The summed E-state index contributed by atoms with van der Waals surface area (Å²) >= 11 is 0. The van der Waals surface area contributed by atoms with Crippen LogP contribution in [0, 0.1) is 5.92 Å². The quantitative estimate of drug-likeness (QED) is 0.567. The molecule has 2 aromatic rings. The molecule has 2 N–H and O–H groups in total. The van der Waals surface area contributed by atoms with E-state index in [0.717, 1.165) is 11.1 Å². The molecule has 31 heavy (non-hydrogen) atoms. The fraction of sp³-hybridized carbons (Fsp3) is 0.375. The number of carbonyl (C=O) groups is 3. The summed E-state index contributed by atoms with van der Waals surface area (Å²) in [4.78, 5) is 37.2. The molecule has 166 valence electrons. The van der Waals surface area contributed by atoms with E-state index < -0.39 is 30.1 Å². The molecule has 0 bridgehead atoms. The third kappa shape index (κ3) is 8.12. The minimum Gasteiger partial charge on any atom is -0.459 e. The Morgan fingerprint density at radius 3 is 1.84 bits per heavy atom. The van der Waals surface area contributed by atoms with Crippen LogP contribution < -0.4 is 10.6 Å². The number of benzene rings is 2. The second-order valence-electron chi connectivity index (χ2n) is 7.39. The molecule has 2 amide bonds. The lowest BCUT2D eigenvalue weighted by Gasteiger charge is -2.24. The van der Waals surface area contributed by atoms with Gasteiger partial charge in [0.1, 0.15) is 25.3 Å². The first-order valence-corrected chi connectivity index (χ1v) is 10.4. The van der Waals surface area contributed by atoms with Crippen molar-refractivity contribution in [3.8, 4) is 0 Å². The molecule has 0 aromatic heterocycles. The predicted octanol–water partition coefficient (Wildman–Crippen LogP) is 3.58. The highest BCUT2D eigenvalue weighted by atomic mass is 16.5. The van der Waals surface area contributed by atoms with Crippen molar-refractivity contribution in [3.05, 3.63) is 71.8 Å². The molecule has 0 saturated heterocycles. The first-order valence-electron chi connectivity index (χ1n) is 10.4. The minimum absolute atomic E-state index is 0.101. The Kier molecular flexibility index (Phi) is 9.55. The van der Waals surface area contributed by atoms with Crippen molar-refractivity contribution in [2.45, 2.75) is 52.5 Å². The molecule has 0 heterocycles. The number of hydrogen-bond donors (Lipinski definition) is 2. The van der Waals surface area contributed by atoms with Gasteiger partial charge in [-0.3, -0.25) is 4.79 Å². The van der Waals surface area contributed by atoms with Crippen molar-refractivity contribution in [3.63, 3.8) is 0 Å². The summed E-state index contributed by atoms with van der Waals surface area (Å²) in [6.07, 6.45) is -0.0345. The molecule has 7 nitrogen and oxygen atoms in total. The summed E-state index contributed by atoms with van der Waals surface area (Å²) in [6, 6.07) is 16.9. The van der Waals surface area contributed by atoms with Crippen molar-refractivity contribution >= 4 is 18.0 Å². The minimum atomic E-state index is -0.857. The summed E-state index contributed by atoms with van der Waals surface area (Å²) in [5.41, 5.74) is 1.70. The summed E-state index contributed by atoms with van der Waals surface area (Å²) in [5, 5.41) is 5.24. The van der Waals surface area contributed by atoms with Crippen LogP contribution in [-0.2, 0) is 32.3 Å². The molecule has 7 heteroatoms. The normalized spacial score (nSPS) is 13.4. The SMILES string of the molecule is CC[C@H](C)[C@@H](NC(=O)OCc1ccccc1)C(=O)N[C@@H](C)C(=O)OCc1ccccc1. The number of esters is 1. The Hall–Kier alpha value is -3.35. The number of ether oxygens (including phenoxy) is 2. The van der Waals surface area contributed by atoms with Gasteiger partial charge in [-0.05, 0) is 24.0 Å². The van der Waals surface area contributed by atoms with Crippen molar-refractivity contribution in [1.29, 1.82) is 0 Å². The van der Waals surface area contributed by atoms with E-state index in [4.69, 9.17) is 9.47 Å². The molecular formula is C24H30N2O5. The molecule has 2 aromatic carbocycles. The van der Waals surface area contributed by atoms with Crippen LogP contribution in [0.25, 0.3) is 0 Å². The van der Waals surface area contributed by atoms with E-state index in [0.29, 0.717) is 6.42 Å². The lowest BCUT2D eigenvalue weighted by Crippen LogP contribution is -2.53. The highest BCUT2D eigenvalue weighted by Gasteiger charge is 2.29. The Labute approximate surface area is 183 Å². The number of carbonyl (C=O) groups excluding carboxylic acids is 3. The molecular weight excluding hydrogens is 396 g/mol. The van der Waals surface area contributed by atoms with Gasteiger partial charge in [0, 0.05) is 0 Å². The van der Waals surface area contributed by atoms with E-state index in [2.05, 4.69) is 10.6 Å². The van der Waals surface area contributed by atoms with E-state index in [1.165, 1.54) is 0 Å². The van der Waals surface area contributed by atoms with E-state index in [-0.39, 0.29) is 19.1 Å². The van der Waals surface area contributed by atoms with Crippen LogP contribution in [0.5, 0.6) is 0 Å². The smallest absolute Gasteiger partial charge is 0.408 e. The van der Waals surface area contributed by atoms with Crippen LogP contribution in [0.1, 0.15) is 38.3 Å². The van der Waals surface area contributed by atoms with E-state index in [9.17, 15) is 14.4 Å². The van der Waals surface area contributed by atoms with Gasteiger partial charge in [0.25, 0.3) is 0 Å². The van der Waals surface area contributed by atoms with Gasteiger partial charge >= 0.3 is 12.1 Å². The zero-order valence-corrected chi connectivity index (χ0v) is 18.2. The largest absolute Gasteiger partial charge is 0.459 e. The fourth-order valence-electron chi connectivity index (χ4n) is 2.81. The van der Waals surface area contributed by atoms with Crippen molar-refractivity contribution in [2.24, 2.45) is 5.92 Å². The number of hydrogen-bond acceptors (Lipinski definition) is 5. The average molecular weight is 427 g/mol. The monoisotopic (exact) mass is 426 g/mol. The molecule has 0 aliphatic heterocycles. The van der Waals surface area contributed by atoms with Gasteiger partial charge < -0.3 is 20.1 Å². The van der Waals surface area contributed by atoms with Crippen molar-refractivity contribution in [1.82, 2.24) is 10.6 Å². The Bertz CT molecular complexity index is 842. The van der Waals surface area contributed by atoms with Gasteiger partial charge in [0.15, 0.2) is 0 Å². The van der Waals surface area contributed by atoms with Crippen LogP contribution in [0.15, 0.2) is 60.7 Å². The Morgan fingerprint density at radius 1 is 0.806 bits per heavy atom. The molecule has 3 atom stereocenters. The van der Waals surface area contributed by atoms with Crippen molar-refractivity contribution < 1.29 is 23.9 Å². The number of rotatable bonds is 10. The maximum atomic E-state index is 12.8. The molecule has 0 spiro atoms. The van der Waals surface area contributed by atoms with Crippen LogP contribution in [0.4, 0.5) is 4.79 Å². The van der Waals surface area contributed by atoms with E-state index in [1.54, 1.807) is 6.92 Å². The zero-order chi connectivity index (χ0) is 22.6. The number of amides is 2. The number of alkyl carbamates (subject to hydrolysis) is 1. The summed E-state index contributed by atoms with van der Waals surface area (Å²) in [5.74, 6) is -1.17. The summed E-state index contributed by atoms with van der Waals surface area (Å²) in [7, 11) is 0. The molecule has 0 fully saturated rings. The van der Waals surface area contributed by atoms with Gasteiger partial charge in [0.2, 0.25) is 5.91 Å². The summed E-state index contributed by atoms with van der Waals surface area (Å²) < 4.78 is 10.5. The third-order valence-corrected chi connectivity index (χ3v) is 4.92. The molecule has 0 aliphatic carbocycles. The van der Waals surface area contributed by atoms with Crippen LogP contribution >= 0.6 is 0 Å². The van der Waals surface area contributed by atoms with Gasteiger partial charge in [-0.2, -0.15) is 0 Å².